The minimum Gasteiger partial charge on any atom is -0.314 e. The van der Waals surface area contributed by atoms with Crippen molar-refractivity contribution in [3.8, 4) is 0 Å². The van der Waals surface area contributed by atoms with Crippen LogP contribution in [0.2, 0.25) is 0 Å². The van der Waals surface area contributed by atoms with Gasteiger partial charge in [0.05, 0.1) is 9.79 Å². The Morgan fingerprint density at radius 3 is 2.41 bits per heavy atom. The van der Waals surface area contributed by atoms with E-state index in [0.717, 1.165) is 6.26 Å². The van der Waals surface area contributed by atoms with Crippen molar-refractivity contribution < 1.29 is 16.8 Å². The van der Waals surface area contributed by atoms with Gasteiger partial charge in [0.15, 0.2) is 9.84 Å². The van der Waals surface area contributed by atoms with Gasteiger partial charge in [-0.15, -0.1) is 12.4 Å². The van der Waals surface area contributed by atoms with Gasteiger partial charge in [-0.2, -0.15) is 4.31 Å². The molecule has 1 heterocycles. The number of hydrogen-bond acceptors (Lipinski definition) is 5. The molecule has 2 rings (SSSR count). The van der Waals surface area contributed by atoms with E-state index in [0.29, 0.717) is 25.2 Å². The number of aryl methyl sites for hydroxylation is 1. The second kappa shape index (κ2) is 6.84. The number of halogens is 1. The highest BCUT2D eigenvalue weighted by molar-refractivity contribution is 7.91. The zero-order valence-electron chi connectivity index (χ0n) is 12.7. The van der Waals surface area contributed by atoms with Gasteiger partial charge in [-0.3, -0.25) is 0 Å². The van der Waals surface area contributed by atoms with Crippen LogP contribution in [0.4, 0.5) is 0 Å². The van der Waals surface area contributed by atoms with Crippen LogP contribution in [0.25, 0.3) is 0 Å². The molecule has 22 heavy (non-hydrogen) atoms. The topological polar surface area (TPSA) is 83.5 Å². The molecule has 1 aliphatic heterocycles. The maximum absolute atomic E-state index is 12.8. The zero-order chi connectivity index (χ0) is 15.8. The molecule has 1 aromatic rings. The van der Waals surface area contributed by atoms with E-state index in [1.54, 1.807) is 6.92 Å². The predicted molar refractivity (Wildman–Crippen MR) is 87.8 cm³/mol. The molecule has 0 aliphatic carbocycles. The summed E-state index contributed by atoms with van der Waals surface area (Å²) < 4.78 is 50.3. The van der Waals surface area contributed by atoms with Crippen LogP contribution < -0.4 is 5.32 Å². The third-order valence-corrected chi connectivity index (χ3v) is 6.88. The molecule has 0 aromatic heterocycles. The van der Waals surface area contributed by atoms with Crippen LogP contribution in [0.3, 0.4) is 0 Å². The molecule has 0 spiro atoms. The lowest BCUT2D eigenvalue weighted by Crippen LogP contribution is -2.52. The van der Waals surface area contributed by atoms with Crippen molar-refractivity contribution in [2.24, 2.45) is 0 Å². The lowest BCUT2D eigenvalue weighted by atomic mass is 10.2. The monoisotopic (exact) mass is 368 g/mol. The first-order valence-corrected chi connectivity index (χ1v) is 10.0. The van der Waals surface area contributed by atoms with Crippen LogP contribution in [0.1, 0.15) is 12.5 Å². The molecule has 6 nitrogen and oxygen atoms in total. The van der Waals surface area contributed by atoms with E-state index in [4.69, 9.17) is 0 Å². The van der Waals surface area contributed by atoms with E-state index in [1.807, 2.05) is 6.92 Å². The van der Waals surface area contributed by atoms with Crippen LogP contribution >= 0.6 is 12.4 Å². The predicted octanol–water partition coefficient (Wildman–Crippen LogP) is 0.803. The lowest BCUT2D eigenvalue weighted by Gasteiger charge is -2.33. The van der Waals surface area contributed by atoms with Gasteiger partial charge in [0.1, 0.15) is 0 Å². The summed E-state index contributed by atoms with van der Waals surface area (Å²) in [5, 5.41) is 3.14. The molecule has 1 atom stereocenters. The largest absolute Gasteiger partial charge is 0.314 e. The molecule has 0 amide bonds. The van der Waals surface area contributed by atoms with Gasteiger partial charge < -0.3 is 5.32 Å². The first-order valence-electron chi connectivity index (χ1n) is 6.67. The molecule has 0 radical (unpaired) electrons. The normalized spacial score (nSPS) is 20.4. The molecule has 1 unspecified atom stereocenters. The molecule has 1 saturated heterocycles. The highest BCUT2D eigenvalue weighted by Crippen LogP contribution is 2.25. The summed E-state index contributed by atoms with van der Waals surface area (Å²) in [6, 6.07) is 4.07. The third-order valence-electron chi connectivity index (χ3n) is 3.61. The summed E-state index contributed by atoms with van der Waals surface area (Å²) in [4.78, 5) is 0.0913. The molecule has 126 valence electrons. The van der Waals surface area contributed by atoms with E-state index in [2.05, 4.69) is 5.32 Å². The van der Waals surface area contributed by atoms with Crippen molar-refractivity contribution in [1.29, 1.82) is 0 Å². The van der Waals surface area contributed by atoms with Crippen molar-refractivity contribution in [3.05, 3.63) is 23.8 Å². The van der Waals surface area contributed by atoms with Crippen LogP contribution in [0, 0.1) is 6.92 Å². The maximum atomic E-state index is 12.8. The van der Waals surface area contributed by atoms with E-state index in [1.165, 1.54) is 22.5 Å². The molecule has 9 heteroatoms. The number of hydrogen-bond donors (Lipinski definition) is 1. The molecule has 1 aromatic carbocycles. The smallest absolute Gasteiger partial charge is 0.243 e. The van der Waals surface area contributed by atoms with Crippen LogP contribution in [0.5, 0.6) is 0 Å². The van der Waals surface area contributed by atoms with Crippen LogP contribution in [0.15, 0.2) is 28.0 Å². The Labute approximate surface area is 138 Å². The number of sulfonamides is 1. The van der Waals surface area contributed by atoms with Crippen molar-refractivity contribution in [1.82, 2.24) is 9.62 Å². The van der Waals surface area contributed by atoms with Gasteiger partial charge in [-0.1, -0.05) is 6.07 Å². The molecule has 1 fully saturated rings. The molecule has 0 saturated carbocycles. The van der Waals surface area contributed by atoms with E-state index >= 15 is 0 Å². The molecule has 1 N–H and O–H groups in total. The van der Waals surface area contributed by atoms with E-state index in [9.17, 15) is 16.8 Å². The Morgan fingerprint density at radius 2 is 1.86 bits per heavy atom. The average Bonchev–Trinajstić information content (AvgIpc) is 2.37. The number of benzene rings is 1. The Hall–Kier alpha value is -0.670. The van der Waals surface area contributed by atoms with Gasteiger partial charge in [0.2, 0.25) is 10.0 Å². The van der Waals surface area contributed by atoms with Crippen molar-refractivity contribution in [2.75, 3.05) is 25.9 Å². The first-order chi connectivity index (χ1) is 9.64. The Kier molecular flexibility index (Phi) is 6.02. The Bertz CT molecular complexity index is 747. The summed E-state index contributed by atoms with van der Waals surface area (Å²) in [6.45, 7) is 5.07. The highest BCUT2D eigenvalue weighted by atomic mass is 35.5. The van der Waals surface area contributed by atoms with Crippen LogP contribution in [-0.2, 0) is 19.9 Å². The standard InChI is InChI=1S/C13H20N2O4S2.ClH/c1-10-4-5-12(20(3,16)17)8-13(10)21(18,19)15-7-6-14-9-11(15)2;/h4-5,8,11,14H,6-7,9H2,1-3H3;1H. The minimum absolute atomic E-state index is 0. The molecule has 0 bridgehead atoms. The molecular formula is C13H21ClN2O4S2. The third kappa shape index (κ3) is 3.80. The van der Waals surface area contributed by atoms with Crippen molar-refractivity contribution in [2.45, 2.75) is 29.7 Å². The zero-order valence-corrected chi connectivity index (χ0v) is 15.2. The SMILES string of the molecule is Cc1ccc(S(C)(=O)=O)cc1S(=O)(=O)N1CCNCC1C.Cl. The fraction of sp³-hybridized carbons (Fsp3) is 0.538. The Balaban J connectivity index is 0.00000242. The average molecular weight is 369 g/mol. The second-order valence-corrected chi connectivity index (χ2v) is 9.24. The Morgan fingerprint density at radius 1 is 1.23 bits per heavy atom. The minimum atomic E-state index is -3.70. The maximum Gasteiger partial charge on any atom is 0.243 e. The summed E-state index contributed by atoms with van der Waals surface area (Å²) in [5.41, 5.74) is 0.549. The number of rotatable bonds is 3. The summed E-state index contributed by atoms with van der Waals surface area (Å²) in [5.74, 6) is 0. The van der Waals surface area contributed by atoms with Crippen molar-refractivity contribution in [3.63, 3.8) is 0 Å². The van der Waals surface area contributed by atoms with Crippen molar-refractivity contribution >= 4 is 32.3 Å². The summed E-state index contributed by atoms with van der Waals surface area (Å²) in [7, 11) is -7.14. The molecular weight excluding hydrogens is 348 g/mol. The number of nitrogens with one attached hydrogen (secondary N) is 1. The fourth-order valence-corrected chi connectivity index (χ4v) is 5.00. The van der Waals surface area contributed by atoms with E-state index < -0.39 is 19.9 Å². The first kappa shape index (κ1) is 19.4. The second-order valence-electron chi connectivity index (χ2n) is 5.37. The van der Waals surface area contributed by atoms with Gasteiger partial charge in [0, 0.05) is 31.9 Å². The van der Waals surface area contributed by atoms with Gasteiger partial charge in [-0.05, 0) is 31.5 Å². The lowest BCUT2D eigenvalue weighted by molar-refractivity contribution is 0.283. The number of piperazine rings is 1. The number of nitrogens with zero attached hydrogens (tertiary/aromatic N) is 1. The fourth-order valence-electron chi connectivity index (χ4n) is 2.39. The number of sulfone groups is 1. The van der Waals surface area contributed by atoms with Gasteiger partial charge in [-0.25, -0.2) is 16.8 Å². The summed E-state index contributed by atoms with van der Waals surface area (Å²) >= 11 is 0. The molecule has 1 aliphatic rings. The van der Waals surface area contributed by atoms with E-state index in [-0.39, 0.29) is 28.2 Å². The highest BCUT2D eigenvalue weighted by Gasteiger charge is 2.32. The summed E-state index contributed by atoms with van der Waals surface area (Å²) in [6.07, 6.45) is 1.07. The van der Waals surface area contributed by atoms with Crippen LogP contribution in [-0.4, -0.2) is 53.1 Å². The quantitative estimate of drug-likeness (QED) is 0.853. The van der Waals surface area contributed by atoms with Gasteiger partial charge >= 0.3 is 0 Å². The van der Waals surface area contributed by atoms with Gasteiger partial charge in [0.25, 0.3) is 0 Å².